The Bertz CT molecular complexity index is 297. The lowest BCUT2D eigenvalue weighted by atomic mass is 10.1. The maximum atomic E-state index is 10.8. The predicted molar refractivity (Wildman–Crippen MR) is 49.8 cm³/mol. The highest BCUT2D eigenvalue weighted by Crippen LogP contribution is 2.17. The summed E-state index contributed by atoms with van der Waals surface area (Å²) in [5, 5.41) is 0. The van der Waals surface area contributed by atoms with Crippen molar-refractivity contribution in [2.45, 2.75) is 19.8 Å². The van der Waals surface area contributed by atoms with Crippen molar-refractivity contribution < 1.29 is 9.53 Å². The van der Waals surface area contributed by atoms with Crippen LogP contribution < -0.4 is 4.74 Å². The number of aromatic nitrogens is 1. The molecule has 0 bridgehead atoms. The summed E-state index contributed by atoms with van der Waals surface area (Å²) in [6, 6.07) is 1.88. The minimum atomic E-state index is 0.193. The average molecular weight is 179 g/mol. The van der Waals surface area contributed by atoms with Crippen LogP contribution in [0.1, 0.15) is 18.9 Å². The minimum absolute atomic E-state index is 0.193. The van der Waals surface area contributed by atoms with Crippen molar-refractivity contribution in [2.24, 2.45) is 0 Å². The molecule has 3 heteroatoms. The molecule has 1 rings (SSSR count). The molecule has 70 valence electrons. The molecule has 0 N–H and O–H groups in total. The zero-order chi connectivity index (χ0) is 9.68. The largest absolute Gasteiger partial charge is 0.495 e. The first-order valence-electron chi connectivity index (χ1n) is 4.20. The number of hydrogen-bond acceptors (Lipinski definition) is 3. The Morgan fingerprint density at radius 2 is 2.38 bits per heavy atom. The van der Waals surface area contributed by atoms with Crippen molar-refractivity contribution >= 4 is 5.78 Å². The number of carbonyl (C=O) groups is 1. The molecule has 0 aliphatic carbocycles. The molecule has 0 fully saturated rings. The molecule has 1 aromatic rings. The van der Waals surface area contributed by atoms with Crippen molar-refractivity contribution in [1.82, 2.24) is 4.98 Å². The van der Waals surface area contributed by atoms with Crippen molar-refractivity contribution in [3.63, 3.8) is 0 Å². The molecule has 0 unspecified atom stereocenters. The normalized spacial score (nSPS) is 9.69. The van der Waals surface area contributed by atoms with E-state index in [0.29, 0.717) is 6.42 Å². The Morgan fingerprint density at radius 3 is 3.00 bits per heavy atom. The topological polar surface area (TPSA) is 39.2 Å². The average Bonchev–Trinajstić information content (AvgIpc) is 2.15. The standard InChI is InChI=1S/C10H13NO2/c1-8(12)3-4-9-5-6-11-7-10(9)13-2/h5-7H,3-4H2,1-2H3. The molecule has 1 aromatic heterocycles. The van der Waals surface area contributed by atoms with Crippen LogP contribution in [0.2, 0.25) is 0 Å². The van der Waals surface area contributed by atoms with Crippen molar-refractivity contribution in [2.75, 3.05) is 7.11 Å². The van der Waals surface area contributed by atoms with Crippen LogP contribution in [0.15, 0.2) is 18.5 Å². The van der Waals surface area contributed by atoms with Crippen molar-refractivity contribution in [1.29, 1.82) is 0 Å². The molecule has 0 radical (unpaired) electrons. The van der Waals surface area contributed by atoms with Crippen molar-refractivity contribution in [3.8, 4) is 5.75 Å². The van der Waals surface area contributed by atoms with Gasteiger partial charge in [-0.1, -0.05) is 0 Å². The third-order valence-corrected chi connectivity index (χ3v) is 1.84. The fourth-order valence-electron chi connectivity index (χ4n) is 1.11. The quantitative estimate of drug-likeness (QED) is 0.705. The molecule has 0 saturated heterocycles. The second kappa shape index (κ2) is 4.60. The molecular weight excluding hydrogens is 166 g/mol. The number of methoxy groups -OCH3 is 1. The lowest BCUT2D eigenvalue weighted by Gasteiger charge is -2.05. The molecule has 0 aliphatic heterocycles. The van der Waals surface area contributed by atoms with E-state index in [0.717, 1.165) is 17.7 Å². The van der Waals surface area contributed by atoms with E-state index in [9.17, 15) is 4.79 Å². The highest BCUT2D eigenvalue weighted by atomic mass is 16.5. The summed E-state index contributed by atoms with van der Waals surface area (Å²) in [6.45, 7) is 1.59. The summed E-state index contributed by atoms with van der Waals surface area (Å²) in [4.78, 5) is 14.7. The van der Waals surface area contributed by atoms with E-state index >= 15 is 0 Å². The lowest BCUT2D eigenvalue weighted by molar-refractivity contribution is -0.116. The van der Waals surface area contributed by atoms with Crippen LogP contribution in [-0.2, 0) is 11.2 Å². The molecule has 0 saturated carbocycles. The summed E-state index contributed by atoms with van der Waals surface area (Å²) in [5.41, 5.74) is 1.03. The molecule has 0 spiro atoms. The van der Waals surface area contributed by atoms with Gasteiger partial charge in [0.05, 0.1) is 13.3 Å². The van der Waals surface area contributed by atoms with Gasteiger partial charge in [-0.25, -0.2) is 0 Å². The Kier molecular flexibility index (Phi) is 3.43. The number of carbonyl (C=O) groups excluding carboxylic acids is 1. The van der Waals surface area contributed by atoms with Crippen LogP contribution in [0, 0.1) is 0 Å². The van der Waals surface area contributed by atoms with Gasteiger partial charge in [-0.3, -0.25) is 4.98 Å². The second-order valence-corrected chi connectivity index (χ2v) is 2.89. The maximum Gasteiger partial charge on any atom is 0.140 e. The van der Waals surface area contributed by atoms with Crippen LogP contribution in [0.3, 0.4) is 0 Å². The van der Waals surface area contributed by atoms with E-state index in [2.05, 4.69) is 4.98 Å². The first-order valence-corrected chi connectivity index (χ1v) is 4.20. The molecule has 0 aliphatic rings. The highest BCUT2D eigenvalue weighted by Gasteiger charge is 2.02. The first-order chi connectivity index (χ1) is 6.24. The van der Waals surface area contributed by atoms with Gasteiger partial charge in [0.15, 0.2) is 0 Å². The van der Waals surface area contributed by atoms with Gasteiger partial charge in [0, 0.05) is 12.6 Å². The number of ketones is 1. The number of hydrogen-bond donors (Lipinski definition) is 0. The van der Waals surface area contributed by atoms with E-state index in [1.165, 1.54) is 0 Å². The number of rotatable bonds is 4. The molecule has 3 nitrogen and oxygen atoms in total. The van der Waals surface area contributed by atoms with Gasteiger partial charge in [0.2, 0.25) is 0 Å². The van der Waals surface area contributed by atoms with E-state index < -0.39 is 0 Å². The maximum absolute atomic E-state index is 10.8. The van der Waals surface area contributed by atoms with E-state index in [4.69, 9.17) is 4.74 Å². The third-order valence-electron chi connectivity index (χ3n) is 1.84. The second-order valence-electron chi connectivity index (χ2n) is 2.89. The van der Waals surface area contributed by atoms with Crippen LogP contribution in [0.5, 0.6) is 5.75 Å². The summed E-state index contributed by atoms with van der Waals surface area (Å²) < 4.78 is 5.10. The fraction of sp³-hybridized carbons (Fsp3) is 0.400. The number of Topliss-reactive ketones (excluding diaryl/α,β-unsaturated/α-hetero) is 1. The molecular formula is C10H13NO2. The van der Waals surface area contributed by atoms with E-state index in [1.54, 1.807) is 26.4 Å². The van der Waals surface area contributed by atoms with E-state index in [-0.39, 0.29) is 5.78 Å². The van der Waals surface area contributed by atoms with Gasteiger partial charge in [-0.2, -0.15) is 0 Å². The Morgan fingerprint density at radius 1 is 1.62 bits per heavy atom. The fourth-order valence-corrected chi connectivity index (χ4v) is 1.11. The summed E-state index contributed by atoms with van der Waals surface area (Å²) in [5.74, 6) is 0.947. The SMILES string of the molecule is COc1cnccc1CCC(C)=O. The van der Waals surface area contributed by atoms with Crippen LogP contribution in [0.4, 0.5) is 0 Å². The summed E-state index contributed by atoms with van der Waals surface area (Å²) in [7, 11) is 1.61. The van der Waals surface area contributed by atoms with Crippen LogP contribution in [-0.4, -0.2) is 17.9 Å². The first kappa shape index (κ1) is 9.71. The van der Waals surface area contributed by atoms with Crippen LogP contribution >= 0.6 is 0 Å². The van der Waals surface area contributed by atoms with Gasteiger partial charge >= 0.3 is 0 Å². The van der Waals surface area contributed by atoms with Gasteiger partial charge in [0.1, 0.15) is 11.5 Å². The molecule has 0 aromatic carbocycles. The van der Waals surface area contributed by atoms with Gasteiger partial charge < -0.3 is 9.53 Å². The third kappa shape index (κ3) is 2.86. The van der Waals surface area contributed by atoms with Crippen LogP contribution in [0.25, 0.3) is 0 Å². The summed E-state index contributed by atoms with van der Waals surface area (Å²) >= 11 is 0. The zero-order valence-electron chi connectivity index (χ0n) is 7.91. The Balaban J connectivity index is 2.69. The van der Waals surface area contributed by atoms with Gasteiger partial charge in [-0.15, -0.1) is 0 Å². The number of ether oxygens (including phenoxy) is 1. The number of aryl methyl sites for hydroxylation is 1. The number of pyridine rings is 1. The molecule has 13 heavy (non-hydrogen) atoms. The zero-order valence-corrected chi connectivity index (χ0v) is 7.91. The molecule has 0 amide bonds. The molecule has 0 atom stereocenters. The monoisotopic (exact) mass is 179 g/mol. The smallest absolute Gasteiger partial charge is 0.140 e. The van der Waals surface area contributed by atoms with E-state index in [1.807, 2.05) is 6.07 Å². The van der Waals surface area contributed by atoms with Crippen molar-refractivity contribution in [3.05, 3.63) is 24.0 Å². The Hall–Kier alpha value is -1.38. The summed E-state index contributed by atoms with van der Waals surface area (Å²) in [6.07, 6.45) is 4.65. The lowest BCUT2D eigenvalue weighted by Crippen LogP contribution is -1.97. The minimum Gasteiger partial charge on any atom is -0.495 e. The Labute approximate surface area is 77.8 Å². The molecule has 1 heterocycles. The number of nitrogens with zero attached hydrogens (tertiary/aromatic N) is 1. The predicted octanol–water partition coefficient (Wildman–Crippen LogP) is 1.61. The highest BCUT2D eigenvalue weighted by molar-refractivity contribution is 5.75. The van der Waals surface area contributed by atoms with Gasteiger partial charge in [0.25, 0.3) is 0 Å². The van der Waals surface area contributed by atoms with Gasteiger partial charge in [-0.05, 0) is 25.0 Å².